The molecule has 1 aliphatic heterocycles. The lowest BCUT2D eigenvalue weighted by molar-refractivity contribution is -0.159. The number of carboxylic acid groups (broad SMARTS) is 2. The number of methoxy groups -OCH3 is 1. The van der Waals surface area contributed by atoms with E-state index in [9.17, 15) is 0 Å². The van der Waals surface area contributed by atoms with Gasteiger partial charge in [-0.3, -0.25) is 14.8 Å². The first kappa shape index (κ1) is 21.3. The van der Waals surface area contributed by atoms with Crippen molar-refractivity contribution in [2.24, 2.45) is 0 Å². The van der Waals surface area contributed by atoms with Gasteiger partial charge in [-0.2, -0.15) is 0 Å². The fourth-order valence-electron chi connectivity index (χ4n) is 2.88. The molecule has 1 aromatic carbocycles. The molecule has 3 rings (SSSR count). The van der Waals surface area contributed by atoms with Crippen LogP contribution in [0.2, 0.25) is 0 Å². The molecule has 2 aromatic rings. The van der Waals surface area contributed by atoms with E-state index in [0.717, 1.165) is 45.0 Å². The Morgan fingerprint density at radius 2 is 1.46 bits per heavy atom. The van der Waals surface area contributed by atoms with Crippen molar-refractivity contribution in [3.63, 3.8) is 0 Å². The monoisotopic (exact) mass is 387 g/mol. The summed E-state index contributed by atoms with van der Waals surface area (Å²) in [5.41, 5.74) is 2.66. The van der Waals surface area contributed by atoms with Crippen molar-refractivity contribution in [1.29, 1.82) is 0 Å². The number of benzene rings is 1. The Hall–Kier alpha value is -2.97. The van der Waals surface area contributed by atoms with Crippen LogP contribution in [-0.2, 0) is 22.7 Å². The summed E-state index contributed by atoms with van der Waals surface area (Å²) < 4.78 is 5.30. The Labute approximate surface area is 164 Å². The molecule has 1 aliphatic rings. The molecule has 2 heterocycles. The minimum Gasteiger partial charge on any atom is -0.497 e. The highest BCUT2D eigenvalue weighted by Gasteiger charge is 2.17. The number of nitrogens with zero attached hydrogens (tertiary/aromatic N) is 3. The van der Waals surface area contributed by atoms with Crippen molar-refractivity contribution < 1.29 is 24.5 Å². The molecule has 1 fully saturated rings. The third kappa shape index (κ3) is 7.34. The minimum atomic E-state index is -1.82. The zero-order valence-corrected chi connectivity index (χ0v) is 15.8. The first-order chi connectivity index (χ1) is 13.5. The molecule has 28 heavy (non-hydrogen) atoms. The molecule has 8 heteroatoms. The first-order valence-electron chi connectivity index (χ1n) is 8.90. The number of pyridine rings is 1. The van der Waals surface area contributed by atoms with Crippen molar-refractivity contribution in [3.05, 3.63) is 59.9 Å². The Kier molecular flexibility index (Phi) is 8.38. The molecule has 150 valence electrons. The van der Waals surface area contributed by atoms with Gasteiger partial charge in [0.25, 0.3) is 0 Å². The van der Waals surface area contributed by atoms with Crippen LogP contribution in [0.15, 0.2) is 48.8 Å². The normalized spacial score (nSPS) is 14.6. The van der Waals surface area contributed by atoms with Crippen LogP contribution in [0.1, 0.15) is 11.1 Å². The number of hydrogen-bond acceptors (Lipinski definition) is 6. The summed E-state index contributed by atoms with van der Waals surface area (Å²) in [4.78, 5) is 27.3. The summed E-state index contributed by atoms with van der Waals surface area (Å²) in [6.07, 6.45) is 3.74. The third-order valence-electron chi connectivity index (χ3n) is 4.34. The van der Waals surface area contributed by atoms with E-state index < -0.39 is 11.9 Å². The summed E-state index contributed by atoms with van der Waals surface area (Å²) in [5.74, 6) is -2.71. The molecular weight excluding hydrogens is 362 g/mol. The predicted octanol–water partition coefficient (Wildman–Crippen LogP) is 1.56. The highest BCUT2D eigenvalue weighted by atomic mass is 16.5. The van der Waals surface area contributed by atoms with Gasteiger partial charge in [0.1, 0.15) is 5.75 Å². The average molecular weight is 387 g/mol. The fourth-order valence-corrected chi connectivity index (χ4v) is 2.88. The smallest absolute Gasteiger partial charge is 0.414 e. The van der Waals surface area contributed by atoms with Gasteiger partial charge >= 0.3 is 11.9 Å². The number of aromatic nitrogens is 1. The maximum absolute atomic E-state index is 9.10. The van der Waals surface area contributed by atoms with Gasteiger partial charge in [-0.1, -0.05) is 12.1 Å². The van der Waals surface area contributed by atoms with Gasteiger partial charge in [0, 0.05) is 51.7 Å². The quantitative estimate of drug-likeness (QED) is 0.745. The van der Waals surface area contributed by atoms with Crippen molar-refractivity contribution in [1.82, 2.24) is 14.8 Å². The van der Waals surface area contributed by atoms with Crippen LogP contribution in [-0.4, -0.2) is 70.2 Å². The Bertz CT molecular complexity index is 749. The second-order valence-corrected chi connectivity index (χ2v) is 6.37. The molecule has 0 bridgehead atoms. The van der Waals surface area contributed by atoms with Gasteiger partial charge in [0.2, 0.25) is 0 Å². The Balaban J connectivity index is 0.000000409. The minimum absolute atomic E-state index is 0.939. The van der Waals surface area contributed by atoms with Crippen LogP contribution in [0.3, 0.4) is 0 Å². The number of carbonyl (C=O) groups is 2. The summed E-state index contributed by atoms with van der Waals surface area (Å²) >= 11 is 0. The maximum atomic E-state index is 9.10. The number of ether oxygens (including phenoxy) is 1. The molecule has 1 aromatic heterocycles. The van der Waals surface area contributed by atoms with Crippen molar-refractivity contribution >= 4 is 11.9 Å². The lowest BCUT2D eigenvalue weighted by Gasteiger charge is -2.34. The summed E-state index contributed by atoms with van der Waals surface area (Å²) in [5, 5.41) is 14.8. The van der Waals surface area contributed by atoms with Gasteiger partial charge in [-0.05, 0) is 35.4 Å². The molecule has 0 radical (unpaired) electrons. The second-order valence-electron chi connectivity index (χ2n) is 6.37. The molecule has 0 atom stereocenters. The molecule has 0 spiro atoms. The molecular formula is C20H25N3O5. The van der Waals surface area contributed by atoms with Gasteiger partial charge in [0.15, 0.2) is 0 Å². The number of rotatable bonds is 5. The number of piperazine rings is 1. The summed E-state index contributed by atoms with van der Waals surface area (Å²) in [6, 6.07) is 12.6. The zero-order valence-electron chi connectivity index (χ0n) is 15.8. The van der Waals surface area contributed by atoms with Crippen LogP contribution in [0.5, 0.6) is 5.75 Å². The third-order valence-corrected chi connectivity index (χ3v) is 4.34. The van der Waals surface area contributed by atoms with Gasteiger partial charge in [0.05, 0.1) is 7.11 Å². The second kappa shape index (κ2) is 11.0. The topological polar surface area (TPSA) is 103 Å². The van der Waals surface area contributed by atoms with Gasteiger partial charge < -0.3 is 14.9 Å². The standard InChI is InChI=1S/C18H23N3O.C2H2O4/c1-22-18-4-2-3-17(13-18)15-21-11-9-20(10-12-21)14-16-5-7-19-8-6-16;3-1(4)2(5)6/h2-8,13H,9-12,14-15H2,1H3;(H,3,4)(H,5,6). The van der Waals surface area contributed by atoms with Gasteiger partial charge in [-0.15, -0.1) is 0 Å². The molecule has 0 unspecified atom stereocenters. The van der Waals surface area contributed by atoms with Gasteiger partial charge in [-0.25, -0.2) is 9.59 Å². The molecule has 1 saturated heterocycles. The van der Waals surface area contributed by atoms with E-state index in [-0.39, 0.29) is 0 Å². The van der Waals surface area contributed by atoms with E-state index in [1.807, 2.05) is 18.5 Å². The van der Waals surface area contributed by atoms with E-state index in [4.69, 9.17) is 24.5 Å². The van der Waals surface area contributed by atoms with Crippen molar-refractivity contribution in [2.75, 3.05) is 33.3 Å². The van der Waals surface area contributed by atoms with Crippen LogP contribution >= 0.6 is 0 Å². The van der Waals surface area contributed by atoms with Crippen LogP contribution in [0.25, 0.3) is 0 Å². The SMILES string of the molecule is COc1cccc(CN2CCN(Cc3ccncc3)CC2)c1.O=C(O)C(=O)O. The van der Waals surface area contributed by atoms with E-state index in [2.05, 4.69) is 45.1 Å². The Morgan fingerprint density at radius 1 is 0.929 bits per heavy atom. The fraction of sp³-hybridized carbons (Fsp3) is 0.350. The zero-order chi connectivity index (χ0) is 20.4. The lowest BCUT2D eigenvalue weighted by atomic mass is 10.1. The van der Waals surface area contributed by atoms with E-state index in [0.29, 0.717) is 0 Å². The molecule has 8 nitrogen and oxygen atoms in total. The molecule has 0 aliphatic carbocycles. The highest BCUT2D eigenvalue weighted by molar-refractivity contribution is 6.27. The number of carboxylic acids is 2. The molecule has 0 amide bonds. The largest absolute Gasteiger partial charge is 0.497 e. The maximum Gasteiger partial charge on any atom is 0.414 e. The van der Waals surface area contributed by atoms with E-state index in [1.54, 1.807) is 7.11 Å². The highest BCUT2D eigenvalue weighted by Crippen LogP contribution is 2.16. The predicted molar refractivity (Wildman–Crippen MR) is 103 cm³/mol. The first-order valence-corrected chi connectivity index (χ1v) is 8.90. The summed E-state index contributed by atoms with van der Waals surface area (Å²) in [6.45, 7) is 6.49. The van der Waals surface area contributed by atoms with E-state index >= 15 is 0 Å². The van der Waals surface area contributed by atoms with Crippen LogP contribution < -0.4 is 4.74 Å². The number of hydrogen-bond donors (Lipinski definition) is 2. The molecule has 0 saturated carbocycles. The van der Waals surface area contributed by atoms with Crippen LogP contribution in [0, 0.1) is 0 Å². The number of aliphatic carboxylic acids is 2. The van der Waals surface area contributed by atoms with Crippen LogP contribution in [0.4, 0.5) is 0 Å². The average Bonchev–Trinajstić information content (AvgIpc) is 2.71. The van der Waals surface area contributed by atoms with Crippen molar-refractivity contribution in [2.45, 2.75) is 13.1 Å². The molecule has 2 N–H and O–H groups in total. The van der Waals surface area contributed by atoms with E-state index in [1.165, 1.54) is 11.1 Å². The summed E-state index contributed by atoms with van der Waals surface area (Å²) in [7, 11) is 1.72. The Morgan fingerprint density at radius 3 is 1.96 bits per heavy atom. The lowest BCUT2D eigenvalue weighted by Crippen LogP contribution is -2.45. The van der Waals surface area contributed by atoms with Crippen molar-refractivity contribution in [3.8, 4) is 5.75 Å².